The van der Waals surface area contributed by atoms with Crippen molar-refractivity contribution < 1.29 is 19.0 Å². The van der Waals surface area contributed by atoms with Crippen LogP contribution in [0.5, 0.6) is 17.2 Å². The van der Waals surface area contributed by atoms with E-state index < -0.39 is 12.1 Å². The topological polar surface area (TPSA) is 44.8 Å². The molecule has 0 spiro atoms. The Balaban J connectivity index is 2.04. The lowest BCUT2D eigenvalue weighted by Gasteiger charge is -2.27. The van der Waals surface area contributed by atoms with E-state index in [-0.39, 0.29) is 31.6 Å². The Bertz CT molecular complexity index is 789. The van der Waals surface area contributed by atoms with Crippen LogP contribution in [0.4, 0.5) is 0 Å². The summed E-state index contributed by atoms with van der Waals surface area (Å²) in [4.78, 5) is 12.2. The van der Waals surface area contributed by atoms with Crippen LogP contribution < -0.4 is 14.2 Å². The van der Waals surface area contributed by atoms with Crippen LogP contribution in [0, 0.1) is 0 Å². The number of hydrogen-bond donors (Lipinski definition) is 0. The molecule has 4 nitrogen and oxygen atoms in total. The predicted octanol–water partition coefficient (Wildman–Crippen LogP) is 5.35. The molecule has 0 saturated carbocycles. The first-order valence-electron chi connectivity index (χ1n) is 6.32. The third kappa shape index (κ3) is 2.81. The van der Waals surface area contributed by atoms with Crippen LogP contribution in [0.2, 0.25) is 20.1 Å². The van der Waals surface area contributed by atoms with Crippen LogP contribution in [0.25, 0.3) is 0 Å². The Morgan fingerprint density at radius 2 is 1.48 bits per heavy atom. The van der Waals surface area contributed by atoms with Crippen molar-refractivity contribution in [2.45, 2.75) is 6.10 Å². The minimum absolute atomic E-state index is 0.00335. The molecule has 0 saturated heterocycles. The van der Waals surface area contributed by atoms with Gasteiger partial charge in [-0.05, 0) is 12.1 Å². The maximum atomic E-state index is 12.2. The molecule has 0 bridgehead atoms. The summed E-state index contributed by atoms with van der Waals surface area (Å²) in [5.41, 5.74) is 0.569. The number of carbonyl (C=O) groups is 1. The molecule has 0 aromatic heterocycles. The highest BCUT2D eigenvalue weighted by Crippen LogP contribution is 2.53. The molecule has 2 aromatic carbocycles. The lowest BCUT2D eigenvalue weighted by atomic mass is 10.1. The molecule has 1 atom stereocenters. The first kappa shape index (κ1) is 16.5. The molecule has 2 aromatic rings. The van der Waals surface area contributed by atoms with E-state index >= 15 is 0 Å². The molecule has 0 fully saturated rings. The maximum Gasteiger partial charge on any atom is 0.357 e. The largest absolute Gasteiger partial charge is 0.497 e. The number of benzene rings is 2. The molecule has 0 unspecified atom stereocenters. The highest BCUT2D eigenvalue weighted by molar-refractivity contribution is 6.53. The predicted molar refractivity (Wildman–Crippen MR) is 88.5 cm³/mol. The number of ether oxygens (including phenoxy) is 3. The average Bonchev–Trinajstić information content (AvgIpc) is 2.58. The quantitative estimate of drug-likeness (QED) is 0.298. The van der Waals surface area contributed by atoms with Gasteiger partial charge in [-0.25, -0.2) is 4.79 Å². The molecule has 1 heterocycles. The van der Waals surface area contributed by atoms with E-state index in [0.29, 0.717) is 11.3 Å². The second-order valence-corrected chi connectivity index (χ2v) is 6.12. The summed E-state index contributed by atoms with van der Waals surface area (Å²) < 4.78 is 16.0. The molecule has 8 heteroatoms. The fourth-order valence-corrected chi connectivity index (χ4v) is 2.99. The minimum Gasteiger partial charge on any atom is -0.497 e. The SMILES string of the molecule is COc1ccc([C@H]2Oc3c(Cl)c(Cl)c(Cl)c(Cl)c3OC2=O)cc1. The van der Waals surface area contributed by atoms with Crippen molar-refractivity contribution >= 4 is 52.4 Å². The molecule has 1 aliphatic heterocycles. The number of carbonyl (C=O) groups excluding carboxylic acids is 1. The van der Waals surface area contributed by atoms with Gasteiger partial charge in [0.25, 0.3) is 0 Å². The van der Waals surface area contributed by atoms with Crippen molar-refractivity contribution in [1.29, 1.82) is 0 Å². The number of hydrogen-bond acceptors (Lipinski definition) is 4. The zero-order chi connectivity index (χ0) is 16.7. The van der Waals surface area contributed by atoms with E-state index in [1.54, 1.807) is 31.4 Å². The van der Waals surface area contributed by atoms with Crippen molar-refractivity contribution in [3.8, 4) is 17.2 Å². The first-order valence-corrected chi connectivity index (χ1v) is 7.83. The Morgan fingerprint density at radius 1 is 0.913 bits per heavy atom. The van der Waals surface area contributed by atoms with E-state index in [9.17, 15) is 4.79 Å². The van der Waals surface area contributed by atoms with Gasteiger partial charge in [-0.1, -0.05) is 58.5 Å². The lowest BCUT2D eigenvalue weighted by Crippen LogP contribution is -2.28. The van der Waals surface area contributed by atoms with E-state index in [1.807, 2.05) is 0 Å². The Labute approximate surface area is 151 Å². The Hall–Kier alpha value is -1.33. The number of esters is 1. The molecule has 1 aliphatic rings. The standard InChI is InChI=1S/C15H8Cl4O4/c1-21-7-4-2-6(3-5-7)12-15(20)23-14-11(19)9(17)8(16)10(18)13(14)22-12/h2-5,12H,1H3/t12-/m1/s1. The van der Waals surface area contributed by atoms with Crippen LogP contribution in [-0.2, 0) is 4.79 Å². The zero-order valence-corrected chi connectivity index (χ0v) is 14.6. The van der Waals surface area contributed by atoms with Crippen LogP contribution in [0.15, 0.2) is 24.3 Å². The summed E-state index contributed by atoms with van der Waals surface area (Å²) in [5, 5.41) is 0.0274. The highest BCUT2D eigenvalue weighted by atomic mass is 35.5. The summed E-state index contributed by atoms with van der Waals surface area (Å²) in [6, 6.07) is 6.77. The van der Waals surface area contributed by atoms with E-state index in [0.717, 1.165) is 0 Å². The monoisotopic (exact) mass is 392 g/mol. The molecular weight excluding hydrogens is 386 g/mol. The maximum absolute atomic E-state index is 12.2. The Kier molecular flexibility index (Phi) is 4.52. The van der Waals surface area contributed by atoms with Crippen LogP contribution >= 0.6 is 46.4 Å². The van der Waals surface area contributed by atoms with Gasteiger partial charge in [0.15, 0.2) is 11.5 Å². The summed E-state index contributed by atoms with van der Waals surface area (Å²) in [5.74, 6) is 0.0422. The minimum atomic E-state index is -1.00. The van der Waals surface area contributed by atoms with Crippen LogP contribution in [-0.4, -0.2) is 13.1 Å². The fraction of sp³-hybridized carbons (Fsp3) is 0.133. The Morgan fingerprint density at radius 3 is 2.04 bits per heavy atom. The summed E-state index contributed by atoms with van der Waals surface area (Å²) in [7, 11) is 1.55. The second-order valence-electron chi connectivity index (χ2n) is 4.61. The van der Waals surface area contributed by atoms with Gasteiger partial charge in [0.05, 0.1) is 17.2 Å². The highest BCUT2D eigenvalue weighted by Gasteiger charge is 2.36. The third-order valence-corrected chi connectivity index (χ3v) is 5.02. The van der Waals surface area contributed by atoms with Gasteiger partial charge in [-0.3, -0.25) is 0 Å². The van der Waals surface area contributed by atoms with Gasteiger partial charge < -0.3 is 14.2 Å². The molecule has 3 rings (SSSR count). The van der Waals surface area contributed by atoms with Crippen molar-refractivity contribution in [1.82, 2.24) is 0 Å². The summed E-state index contributed by atoms with van der Waals surface area (Å²) in [6.45, 7) is 0. The van der Waals surface area contributed by atoms with Crippen molar-refractivity contribution in [3.63, 3.8) is 0 Å². The number of methoxy groups -OCH3 is 1. The molecule has 0 radical (unpaired) electrons. The number of halogens is 4. The summed E-state index contributed by atoms with van der Waals surface area (Å²) in [6.07, 6.45) is -1.00. The summed E-state index contributed by atoms with van der Waals surface area (Å²) >= 11 is 24.1. The molecule has 0 amide bonds. The lowest BCUT2D eigenvalue weighted by molar-refractivity contribution is -0.145. The fourth-order valence-electron chi connectivity index (χ4n) is 2.09. The molecule has 120 valence electrons. The van der Waals surface area contributed by atoms with Crippen molar-refractivity contribution in [2.24, 2.45) is 0 Å². The molecule has 0 N–H and O–H groups in total. The number of fused-ring (bicyclic) bond motifs is 1. The second kappa shape index (κ2) is 6.29. The van der Waals surface area contributed by atoms with Crippen molar-refractivity contribution in [3.05, 3.63) is 49.9 Å². The van der Waals surface area contributed by atoms with Crippen molar-refractivity contribution in [2.75, 3.05) is 7.11 Å². The van der Waals surface area contributed by atoms with Gasteiger partial charge in [0.2, 0.25) is 6.10 Å². The van der Waals surface area contributed by atoms with E-state index in [2.05, 4.69) is 0 Å². The van der Waals surface area contributed by atoms with Gasteiger partial charge in [0.1, 0.15) is 15.8 Å². The third-order valence-electron chi connectivity index (χ3n) is 3.25. The molecular formula is C15H8Cl4O4. The molecule has 23 heavy (non-hydrogen) atoms. The van der Waals surface area contributed by atoms with Gasteiger partial charge >= 0.3 is 5.97 Å². The molecule has 0 aliphatic carbocycles. The van der Waals surface area contributed by atoms with E-state index in [1.165, 1.54) is 0 Å². The normalized spacial score (nSPS) is 16.4. The van der Waals surface area contributed by atoms with Crippen LogP contribution in [0.3, 0.4) is 0 Å². The average molecular weight is 394 g/mol. The smallest absolute Gasteiger partial charge is 0.357 e. The van der Waals surface area contributed by atoms with Crippen LogP contribution in [0.1, 0.15) is 11.7 Å². The number of rotatable bonds is 2. The van der Waals surface area contributed by atoms with Gasteiger partial charge in [-0.15, -0.1) is 0 Å². The van der Waals surface area contributed by atoms with Gasteiger partial charge in [-0.2, -0.15) is 0 Å². The van der Waals surface area contributed by atoms with E-state index in [4.69, 9.17) is 60.6 Å². The first-order chi connectivity index (χ1) is 10.9. The zero-order valence-electron chi connectivity index (χ0n) is 11.5. The van der Waals surface area contributed by atoms with Gasteiger partial charge in [0, 0.05) is 5.56 Å².